The fraction of sp³-hybridized carbons (Fsp3) is 0.304. The molecule has 10 heteroatoms. The van der Waals surface area contributed by atoms with Gasteiger partial charge in [-0.1, -0.05) is 32.0 Å². The van der Waals surface area contributed by atoms with E-state index in [9.17, 15) is 22.8 Å². The highest BCUT2D eigenvalue weighted by Gasteiger charge is 2.24. The average Bonchev–Trinajstić information content (AvgIpc) is 2.74. The normalized spacial score (nSPS) is 12.5. The summed E-state index contributed by atoms with van der Waals surface area (Å²) in [4.78, 5) is 38.4. The van der Waals surface area contributed by atoms with Crippen LogP contribution in [0.1, 0.15) is 41.6 Å². The summed E-state index contributed by atoms with van der Waals surface area (Å²) in [6.07, 6.45) is -0.104. The van der Waals surface area contributed by atoms with Crippen molar-refractivity contribution in [1.29, 1.82) is 0 Å². The van der Waals surface area contributed by atoms with Crippen molar-refractivity contribution in [3.8, 4) is 0 Å². The molecular weight excluding hydrogens is 446 g/mol. The van der Waals surface area contributed by atoms with Crippen LogP contribution < -0.4 is 10.3 Å². The molecule has 174 valence electrons. The molecule has 2 aromatic carbocycles. The molecule has 1 atom stereocenters. The third-order valence-electron chi connectivity index (χ3n) is 4.72. The lowest BCUT2D eigenvalue weighted by Gasteiger charge is -2.15. The molecule has 0 aliphatic rings. The predicted octanol–water partition coefficient (Wildman–Crippen LogP) is 2.85. The van der Waals surface area contributed by atoms with Gasteiger partial charge in [-0.05, 0) is 43.2 Å². The summed E-state index contributed by atoms with van der Waals surface area (Å²) in [5.74, 6) is -1.16. The Kier molecular flexibility index (Phi) is 6.97. The maximum absolute atomic E-state index is 12.9. The molecule has 0 spiro atoms. The molecule has 1 unspecified atom stereocenters. The van der Waals surface area contributed by atoms with E-state index < -0.39 is 27.9 Å². The van der Waals surface area contributed by atoms with Gasteiger partial charge in [-0.3, -0.25) is 14.3 Å². The number of nitrogens with zero attached hydrogens (tertiary/aromatic N) is 2. The first-order valence-corrected chi connectivity index (χ1v) is 12.2. The number of rotatable bonds is 8. The van der Waals surface area contributed by atoms with Crippen LogP contribution in [0.4, 0.5) is 5.69 Å². The number of sulfonamides is 1. The Labute approximate surface area is 191 Å². The standard InChI is InChI=1S/C23H25N3O6S/c1-14(2)13-26-22(28)19-8-6-5-7-18(19)20(24-26)23(29)32-15(3)21(27)16-9-11-17(12-10-16)25-33(4,30)31/h5-12,14-15,25H,13H2,1-4H3. The van der Waals surface area contributed by atoms with Crippen molar-refractivity contribution in [1.82, 2.24) is 9.78 Å². The van der Waals surface area contributed by atoms with Crippen molar-refractivity contribution in [2.45, 2.75) is 33.4 Å². The number of Topliss-reactive ketones (excluding diaryl/α,β-unsaturated/α-hetero) is 1. The maximum Gasteiger partial charge on any atom is 0.360 e. The molecule has 0 bridgehead atoms. The highest BCUT2D eigenvalue weighted by atomic mass is 32.2. The van der Waals surface area contributed by atoms with E-state index in [1.807, 2.05) is 13.8 Å². The van der Waals surface area contributed by atoms with Crippen LogP contribution in [0.25, 0.3) is 10.8 Å². The van der Waals surface area contributed by atoms with Crippen LogP contribution in [0, 0.1) is 5.92 Å². The lowest BCUT2D eigenvalue weighted by molar-refractivity contribution is 0.0312. The second kappa shape index (κ2) is 9.53. The molecule has 0 aliphatic heterocycles. The van der Waals surface area contributed by atoms with Gasteiger partial charge in [-0.15, -0.1) is 0 Å². The zero-order chi connectivity index (χ0) is 24.3. The van der Waals surface area contributed by atoms with Crippen LogP contribution in [0.3, 0.4) is 0 Å². The second-order valence-electron chi connectivity index (χ2n) is 8.14. The van der Waals surface area contributed by atoms with E-state index in [1.165, 1.54) is 35.9 Å². The molecule has 1 heterocycles. The monoisotopic (exact) mass is 471 g/mol. The summed E-state index contributed by atoms with van der Waals surface area (Å²) in [6.45, 7) is 5.62. The van der Waals surface area contributed by atoms with E-state index >= 15 is 0 Å². The zero-order valence-corrected chi connectivity index (χ0v) is 19.5. The lowest BCUT2D eigenvalue weighted by Crippen LogP contribution is -2.30. The Morgan fingerprint density at radius 2 is 1.64 bits per heavy atom. The molecule has 1 N–H and O–H groups in total. The van der Waals surface area contributed by atoms with Gasteiger partial charge in [-0.2, -0.15) is 5.10 Å². The minimum Gasteiger partial charge on any atom is -0.449 e. The third kappa shape index (κ3) is 5.83. The van der Waals surface area contributed by atoms with E-state index in [0.29, 0.717) is 23.0 Å². The number of anilines is 1. The number of hydrogen-bond donors (Lipinski definition) is 1. The smallest absolute Gasteiger partial charge is 0.360 e. The summed E-state index contributed by atoms with van der Waals surface area (Å²) in [5.41, 5.74) is 0.208. The van der Waals surface area contributed by atoms with Crippen LogP contribution in [-0.2, 0) is 21.3 Å². The molecule has 0 fully saturated rings. The number of carbonyl (C=O) groups is 2. The highest BCUT2D eigenvalue weighted by molar-refractivity contribution is 7.92. The molecule has 1 aromatic heterocycles. The van der Waals surface area contributed by atoms with Gasteiger partial charge in [0, 0.05) is 23.2 Å². The number of ether oxygens (including phenoxy) is 1. The van der Waals surface area contributed by atoms with Crippen LogP contribution in [0.5, 0.6) is 0 Å². The number of esters is 1. The van der Waals surface area contributed by atoms with Gasteiger partial charge < -0.3 is 4.74 Å². The molecular formula is C23H25N3O6S. The van der Waals surface area contributed by atoms with Crippen molar-refractivity contribution in [3.05, 3.63) is 70.1 Å². The van der Waals surface area contributed by atoms with Gasteiger partial charge in [0.25, 0.3) is 5.56 Å². The SMILES string of the molecule is CC(C)Cn1nc(C(=O)OC(C)C(=O)c2ccc(NS(C)(=O)=O)cc2)c2ccccc2c1=O. The average molecular weight is 472 g/mol. The Morgan fingerprint density at radius 1 is 1.03 bits per heavy atom. The molecule has 3 rings (SSSR count). The van der Waals surface area contributed by atoms with E-state index in [4.69, 9.17) is 4.74 Å². The Bertz CT molecular complexity index is 1360. The maximum atomic E-state index is 12.9. The quantitative estimate of drug-likeness (QED) is 0.396. The summed E-state index contributed by atoms with van der Waals surface area (Å²) in [5, 5.41) is 4.92. The molecule has 33 heavy (non-hydrogen) atoms. The Morgan fingerprint density at radius 3 is 2.21 bits per heavy atom. The number of ketones is 1. The fourth-order valence-corrected chi connectivity index (χ4v) is 3.84. The van der Waals surface area contributed by atoms with Crippen LogP contribution >= 0.6 is 0 Å². The largest absolute Gasteiger partial charge is 0.449 e. The Balaban J connectivity index is 1.85. The number of hydrogen-bond acceptors (Lipinski definition) is 7. The lowest BCUT2D eigenvalue weighted by atomic mass is 10.1. The number of benzene rings is 2. The number of aromatic nitrogens is 2. The van der Waals surface area contributed by atoms with Gasteiger partial charge in [0.1, 0.15) is 0 Å². The minimum absolute atomic E-state index is 0.0433. The number of fused-ring (bicyclic) bond motifs is 1. The summed E-state index contributed by atoms with van der Waals surface area (Å²) >= 11 is 0. The molecule has 0 aliphatic carbocycles. The van der Waals surface area contributed by atoms with Crippen LogP contribution in [0.15, 0.2) is 53.3 Å². The highest BCUT2D eigenvalue weighted by Crippen LogP contribution is 2.17. The molecule has 0 saturated carbocycles. The first-order chi connectivity index (χ1) is 15.5. The van der Waals surface area contributed by atoms with Crippen molar-refractivity contribution in [3.63, 3.8) is 0 Å². The van der Waals surface area contributed by atoms with Gasteiger partial charge in [0.2, 0.25) is 15.8 Å². The molecule has 0 radical (unpaired) electrons. The fourth-order valence-electron chi connectivity index (χ4n) is 3.28. The van der Waals surface area contributed by atoms with Crippen molar-refractivity contribution >= 4 is 38.2 Å². The first-order valence-electron chi connectivity index (χ1n) is 10.3. The van der Waals surface area contributed by atoms with Crippen molar-refractivity contribution in [2.75, 3.05) is 11.0 Å². The summed E-state index contributed by atoms with van der Waals surface area (Å²) in [6, 6.07) is 12.4. The van der Waals surface area contributed by atoms with Crippen LogP contribution in [0.2, 0.25) is 0 Å². The first kappa shape index (κ1) is 24.1. The number of carbonyl (C=O) groups excluding carboxylic acids is 2. The summed E-state index contributed by atoms with van der Waals surface area (Å²) in [7, 11) is -3.44. The van der Waals surface area contributed by atoms with E-state index in [-0.39, 0.29) is 22.7 Å². The molecule has 0 saturated heterocycles. The van der Waals surface area contributed by atoms with Gasteiger partial charge in [0.15, 0.2) is 11.8 Å². The molecule has 3 aromatic rings. The van der Waals surface area contributed by atoms with Gasteiger partial charge >= 0.3 is 5.97 Å². The molecule has 0 amide bonds. The predicted molar refractivity (Wildman–Crippen MR) is 125 cm³/mol. The molecule has 9 nitrogen and oxygen atoms in total. The minimum atomic E-state index is -3.44. The van der Waals surface area contributed by atoms with Gasteiger partial charge in [-0.25, -0.2) is 17.9 Å². The van der Waals surface area contributed by atoms with E-state index in [2.05, 4.69) is 9.82 Å². The van der Waals surface area contributed by atoms with E-state index in [1.54, 1.807) is 24.3 Å². The third-order valence-corrected chi connectivity index (χ3v) is 5.33. The summed E-state index contributed by atoms with van der Waals surface area (Å²) < 4.78 is 31.6. The topological polar surface area (TPSA) is 124 Å². The van der Waals surface area contributed by atoms with Gasteiger partial charge in [0.05, 0.1) is 11.6 Å². The number of nitrogens with one attached hydrogen (secondary N) is 1. The van der Waals surface area contributed by atoms with Crippen molar-refractivity contribution in [2.24, 2.45) is 5.92 Å². The zero-order valence-electron chi connectivity index (χ0n) is 18.7. The Hall–Kier alpha value is -3.53. The van der Waals surface area contributed by atoms with Crippen molar-refractivity contribution < 1.29 is 22.7 Å². The van der Waals surface area contributed by atoms with E-state index in [0.717, 1.165) is 6.26 Å². The van der Waals surface area contributed by atoms with Crippen LogP contribution in [-0.4, -0.2) is 42.3 Å². The second-order valence-corrected chi connectivity index (χ2v) is 9.89.